The van der Waals surface area contributed by atoms with Crippen molar-refractivity contribution in [3.05, 3.63) is 71.4 Å². The molecule has 0 aliphatic carbocycles. The summed E-state index contributed by atoms with van der Waals surface area (Å²) in [7, 11) is 0. The number of likely N-dealkylation sites (tertiary alicyclic amines) is 1. The van der Waals surface area contributed by atoms with E-state index < -0.39 is 6.11 Å². The van der Waals surface area contributed by atoms with Crippen LogP contribution in [0.4, 0.5) is 8.78 Å². The first-order valence-electron chi connectivity index (χ1n) is 8.49. The summed E-state index contributed by atoms with van der Waals surface area (Å²) < 4.78 is 26.3. The first-order valence-corrected chi connectivity index (χ1v) is 8.49. The minimum Gasteiger partial charge on any atom is -0.361 e. The van der Waals surface area contributed by atoms with Crippen LogP contribution in [0.3, 0.4) is 0 Å². The highest BCUT2D eigenvalue weighted by atomic mass is 19.3. The van der Waals surface area contributed by atoms with Crippen molar-refractivity contribution >= 4 is 10.9 Å². The Labute approximate surface area is 144 Å². The summed E-state index contributed by atoms with van der Waals surface area (Å²) >= 11 is 0. The monoisotopic (exact) mass is 342 g/mol. The highest BCUT2D eigenvalue weighted by molar-refractivity contribution is 5.82. The number of aliphatic hydroxyl groups is 1. The summed E-state index contributed by atoms with van der Waals surface area (Å²) in [6, 6.07) is 14.4. The van der Waals surface area contributed by atoms with E-state index in [1.54, 1.807) is 6.07 Å². The normalized spacial score (nSPS) is 18.9. The molecule has 0 saturated carbocycles. The molecule has 0 bridgehead atoms. The average Bonchev–Trinajstić information content (AvgIpc) is 3.22. The van der Waals surface area contributed by atoms with Gasteiger partial charge in [0.1, 0.15) is 0 Å². The number of aromatic nitrogens is 1. The summed E-state index contributed by atoms with van der Waals surface area (Å²) in [5.41, 5.74) is 2.92. The van der Waals surface area contributed by atoms with E-state index in [1.807, 2.05) is 24.4 Å². The van der Waals surface area contributed by atoms with Gasteiger partial charge in [0.15, 0.2) is 0 Å². The molecule has 0 spiro atoms. The number of H-pyrrole nitrogens is 1. The molecule has 0 radical (unpaired) electrons. The van der Waals surface area contributed by atoms with E-state index in [0.717, 1.165) is 37.1 Å². The van der Waals surface area contributed by atoms with E-state index in [-0.39, 0.29) is 11.5 Å². The quantitative estimate of drug-likeness (QED) is 0.746. The molecule has 2 aromatic carbocycles. The van der Waals surface area contributed by atoms with E-state index in [1.165, 1.54) is 23.1 Å². The molecule has 1 aliphatic rings. The van der Waals surface area contributed by atoms with Crippen molar-refractivity contribution in [3.63, 3.8) is 0 Å². The highest BCUT2D eigenvalue weighted by Gasteiger charge is 2.30. The molecular formula is C20H20F2N2O. The summed E-state index contributed by atoms with van der Waals surface area (Å²) in [6.07, 6.45) is -0.800. The van der Waals surface area contributed by atoms with Gasteiger partial charge in [0.05, 0.1) is 5.56 Å². The van der Waals surface area contributed by atoms with Gasteiger partial charge in [0, 0.05) is 30.2 Å². The Morgan fingerprint density at radius 1 is 1.16 bits per heavy atom. The van der Waals surface area contributed by atoms with Crippen LogP contribution in [0, 0.1) is 0 Å². The second-order valence-corrected chi connectivity index (χ2v) is 6.75. The summed E-state index contributed by atoms with van der Waals surface area (Å²) in [4.78, 5) is 5.64. The van der Waals surface area contributed by atoms with Crippen LogP contribution >= 0.6 is 0 Å². The smallest absolute Gasteiger partial charge is 0.361 e. The molecule has 25 heavy (non-hydrogen) atoms. The van der Waals surface area contributed by atoms with E-state index in [9.17, 15) is 8.78 Å². The lowest BCUT2D eigenvalue weighted by Gasteiger charge is -2.17. The van der Waals surface area contributed by atoms with Crippen LogP contribution in [0.15, 0.2) is 54.7 Å². The summed E-state index contributed by atoms with van der Waals surface area (Å²) in [6.45, 7) is 2.61. The fraction of sp³-hybridized carbons (Fsp3) is 0.300. The largest absolute Gasteiger partial charge is 0.380 e. The number of nitrogens with zero attached hydrogens (tertiary/aromatic N) is 1. The van der Waals surface area contributed by atoms with Crippen LogP contribution in [-0.4, -0.2) is 28.1 Å². The Hall–Kier alpha value is -2.24. The van der Waals surface area contributed by atoms with Crippen molar-refractivity contribution in [3.8, 4) is 0 Å². The zero-order valence-electron chi connectivity index (χ0n) is 13.8. The van der Waals surface area contributed by atoms with E-state index in [0.29, 0.717) is 0 Å². The number of alkyl halides is 2. The van der Waals surface area contributed by atoms with Crippen molar-refractivity contribution in [1.29, 1.82) is 0 Å². The van der Waals surface area contributed by atoms with Gasteiger partial charge < -0.3 is 10.1 Å². The lowest BCUT2D eigenvalue weighted by Crippen LogP contribution is -2.19. The minimum atomic E-state index is -3.78. The average molecular weight is 342 g/mol. The first-order chi connectivity index (χ1) is 12.0. The molecule has 1 fully saturated rings. The minimum absolute atomic E-state index is 0.215. The van der Waals surface area contributed by atoms with Crippen LogP contribution in [0.1, 0.15) is 29.0 Å². The van der Waals surface area contributed by atoms with Gasteiger partial charge in [-0.05, 0) is 42.1 Å². The zero-order valence-corrected chi connectivity index (χ0v) is 13.8. The van der Waals surface area contributed by atoms with Crippen molar-refractivity contribution < 1.29 is 13.9 Å². The molecule has 2 heterocycles. The van der Waals surface area contributed by atoms with Gasteiger partial charge in [-0.1, -0.05) is 36.4 Å². The van der Waals surface area contributed by atoms with Gasteiger partial charge in [0.25, 0.3) is 0 Å². The predicted octanol–water partition coefficient (Wildman–Crippen LogP) is 4.20. The number of hydrogen-bond donors (Lipinski definition) is 2. The molecule has 1 unspecified atom stereocenters. The molecule has 5 heteroatoms. The number of nitrogens with one attached hydrogen (secondary N) is 1. The molecule has 2 N–H and O–H groups in total. The van der Waals surface area contributed by atoms with Crippen molar-refractivity contribution in [1.82, 2.24) is 9.88 Å². The zero-order chi connectivity index (χ0) is 17.4. The number of fused-ring (bicyclic) bond motifs is 1. The third-order valence-corrected chi connectivity index (χ3v) is 5.05. The molecule has 4 rings (SSSR count). The molecule has 3 nitrogen and oxygen atoms in total. The van der Waals surface area contributed by atoms with Crippen molar-refractivity contribution in [2.45, 2.75) is 25.0 Å². The van der Waals surface area contributed by atoms with Gasteiger partial charge in [0.2, 0.25) is 0 Å². The molecule has 1 atom stereocenters. The summed E-state index contributed by atoms with van der Waals surface area (Å²) in [5, 5.41) is 10.2. The Morgan fingerprint density at radius 2 is 2.00 bits per heavy atom. The maximum atomic E-state index is 13.1. The molecular weight excluding hydrogens is 322 g/mol. The lowest BCUT2D eigenvalue weighted by molar-refractivity contribution is -0.208. The van der Waals surface area contributed by atoms with E-state index >= 15 is 0 Å². The van der Waals surface area contributed by atoms with E-state index in [4.69, 9.17) is 5.11 Å². The standard InChI is InChI=1S/C20H20F2N2O/c21-20(22,25)17-5-3-4-14(10-17)15-8-9-24(12-15)13-16-11-23-19-7-2-1-6-18(16)19/h1-7,10-11,15,23,25H,8-9,12-13H2. The number of para-hydroxylation sites is 1. The molecule has 0 amide bonds. The molecule has 130 valence electrons. The van der Waals surface area contributed by atoms with Crippen LogP contribution < -0.4 is 0 Å². The Bertz CT molecular complexity index is 885. The van der Waals surface area contributed by atoms with Crippen LogP contribution in [0.5, 0.6) is 0 Å². The Kier molecular flexibility index (Phi) is 4.06. The number of rotatable bonds is 4. The third-order valence-electron chi connectivity index (χ3n) is 5.05. The maximum Gasteiger partial charge on any atom is 0.380 e. The van der Waals surface area contributed by atoms with Gasteiger partial charge in [-0.3, -0.25) is 4.90 Å². The molecule has 1 aliphatic heterocycles. The second kappa shape index (κ2) is 6.24. The third kappa shape index (κ3) is 3.30. The summed E-state index contributed by atoms with van der Waals surface area (Å²) in [5.74, 6) is 0.215. The van der Waals surface area contributed by atoms with Gasteiger partial charge >= 0.3 is 6.11 Å². The number of hydrogen-bond acceptors (Lipinski definition) is 2. The van der Waals surface area contributed by atoms with Crippen LogP contribution in [0.2, 0.25) is 0 Å². The number of aromatic amines is 1. The topological polar surface area (TPSA) is 39.3 Å². The number of benzene rings is 2. The maximum absolute atomic E-state index is 13.1. The first kappa shape index (κ1) is 16.2. The van der Waals surface area contributed by atoms with E-state index in [2.05, 4.69) is 22.0 Å². The van der Waals surface area contributed by atoms with Gasteiger partial charge in [-0.15, -0.1) is 0 Å². The molecule has 3 aromatic rings. The van der Waals surface area contributed by atoms with Crippen LogP contribution in [0.25, 0.3) is 10.9 Å². The Balaban J connectivity index is 1.48. The fourth-order valence-electron chi connectivity index (χ4n) is 3.73. The lowest BCUT2D eigenvalue weighted by atomic mass is 9.96. The fourth-order valence-corrected chi connectivity index (χ4v) is 3.73. The molecule has 1 saturated heterocycles. The van der Waals surface area contributed by atoms with Gasteiger partial charge in [-0.2, -0.15) is 8.78 Å². The Morgan fingerprint density at radius 3 is 2.84 bits per heavy atom. The van der Waals surface area contributed by atoms with Crippen LogP contribution in [-0.2, 0) is 12.7 Å². The van der Waals surface area contributed by atoms with Crippen molar-refractivity contribution in [2.24, 2.45) is 0 Å². The second-order valence-electron chi connectivity index (χ2n) is 6.75. The van der Waals surface area contributed by atoms with Gasteiger partial charge in [-0.25, -0.2) is 0 Å². The highest BCUT2D eigenvalue weighted by Crippen LogP contribution is 2.32. The molecule has 1 aromatic heterocycles. The predicted molar refractivity (Wildman–Crippen MR) is 93.5 cm³/mol. The number of halogens is 2. The SMILES string of the molecule is OC(F)(F)c1cccc(C2CCN(Cc3c[nH]c4ccccc34)C2)c1. The van der Waals surface area contributed by atoms with Crippen molar-refractivity contribution in [2.75, 3.05) is 13.1 Å².